The van der Waals surface area contributed by atoms with Gasteiger partial charge >= 0.3 is 0 Å². The van der Waals surface area contributed by atoms with Gasteiger partial charge in [0.2, 0.25) is 0 Å². The van der Waals surface area contributed by atoms with Crippen molar-refractivity contribution in [2.75, 3.05) is 32.2 Å². The molecule has 1 rings (SSSR count). The maximum atomic E-state index is 12.0. The first kappa shape index (κ1) is 18.0. The van der Waals surface area contributed by atoms with Crippen molar-refractivity contribution in [1.29, 1.82) is 0 Å². The van der Waals surface area contributed by atoms with Crippen molar-refractivity contribution in [2.45, 2.75) is 20.0 Å². The van der Waals surface area contributed by atoms with Crippen LogP contribution in [0.25, 0.3) is 0 Å². The average molecular weight is 336 g/mol. The number of ether oxygens (including phenoxy) is 3. The fraction of sp³-hybridized carbons (Fsp3) is 0.500. The zero-order chi connectivity index (χ0) is 15.8. The fourth-order valence-electron chi connectivity index (χ4n) is 1.57. The highest BCUT2D eigenvalue weighted by molar-refractivity contribution is 6.37. The zero-order valence-corrected chi connectivity index (χ0v) is 13.8. The van der Waals surface area contributed by atoms with Gasteiger partial charge in [0.25, 0.3) is 5.91 Å². The Labute approximate surface area is 134 Å². The van der Waals surface area contributed by atoms with Gasteiger partial charge in [-0.2, -0.15) is 0 Å². The normalized spacial score (nSPS) is 12.0. The second-order valence-corrected chi connectivity index (χ2v) is 4.99. The van der Waals surface area contributed by atoms with Crippen molar-refractivity contribution in [3.8, 4) is 5.75 Å². The van der Waals surface area contributed by atoms with E-state index in [0.29, 0.717) is 41.3 Å². The van der Waals surface area contributed by atoms with E-state index in [0.717, 1.165) is 0 Å². The second kappa shape index (κ2) is 9.10. The summed E-state index contributed by atoms with van der Waals surface area (Å²) < 4.78 is 15.5. The van der Waals surface area contributed by atoms with E-state index in [1.807, 2.05) is 6.92 Å². The first-order chi connectivity index (χ1) is 9.99. The summed E-state index contributed by atoms with van der Waals surface area (Å²) in [6.07, 6.45) is -0.606. The van der Waals surface area contributed by atoms with Gasteiger partial charge in [0.1, 0.15) is 6.10 Å². The molecule has 0 saturated heterocycles. The van der Waals surface area contributed by atoms with Crippen molar-refractivity contribution in [2.24, 2.45) is 0 Å². The van der Waals surface area contributed by atoms with Gasteiger partial charge in [-0.25, -0.2) is 0 Å². The Hall–Kier alpha value is -1.01. The van der Waals surface area contributed by atoms with E-state index in [9.17, 15) is 4.79 Å². The molecule has 0 bridgehead atoms. The number of rotatable bonds is 8. The van der Waals surface area contributed by atoms with Crippen LogP contribution in [0.4, 0.5) is 5.69 Å². The van der Waals surface area contributed by atoms with Crippen LogP contribution in [0.3, 0.4) is 0 Å². The van der Waals surface area contributed by atoms with Crippen LogP contribution in [0.1, 0.15) is 13.8 Å². The Kier molecular flexibility index (Phi) is 7.82. The molecule has 1 aromatic carbocycles. The molecule has 118 valence electrons. The van der Waals surface area contributed by atoms with Gasteiger partial charge in [-0.1, -0.05) is 23.2 Å². The Morgan fingerprint density at radius 1 is 1.29 bits per heavy atom. The van der Waals surface area contributed by atoms with Crippen LogP contribution in [0.5, 0.6) is 5.75 Å². The number of hydrogen-bond donors (Lipinski definition) is 1. The van der Waals surface area contributed by atoms with Gasteiger partial charge < -0.3 is 19.5 Å². The summed E-state index contributed by atoms with van der Waals surface area (Å²) in [5.41, 5.74) is 0.482. The molecule has 0 spiro atoms. The van der Waals surface area contributed by atoms with Crippen molar-refractivity contribution in [3.63, 3.8) is 0 Å². The standard InChI is InChI=1S/C14H19Cl2NO4/c1-4-20-5-6-21-9(2)14(18)17-10-7-11(15)13(19-3)12(16)8-10/h7-9H,4-6H2,1-3H3,(H,17,18). The van der Waals surface area contributed by atoms with Gasteiger partial charge in [-0.15, -0.1) is 0 Å². The smallest absolute Gasteiger partial charge is 0.253 e. The molecule has 7 heteroatoms. The van der Waals surface area contributed by atoms with E-state index < -0.39 is 6.10 Å². The van der Waals surface area contributed by atoms with Crippen molar-refractivity contribution in [1.82, 2.24) is 0 Å². The number of nitrogens with one attached hydrogen (secondary N) is 1. The summed E-state index contributed by atoms with van der Waals surface area (Å²) in [7, 11) is 1.47. The molecule has 21 heavy (non-hydrogen) atoms. The van der Waals surface area contributed by atoms with Crippen molar-refractivity contribution >= 4 is 34.8 Å². The van der Waals surface area contributed by atoms with E-state index in [1.165, 1.54) is 7.11 Å². The van der Waals surface area contributed by atoms with Crippen molar-refractivity contribution < 1.29 is 19.0 Å². The lowest BCUT2D eigenvalue weighted by molar-refractivity contribution is -0.127. The molecule has 0 aromatic heterocycles. The Bertz CT molecular complexity index is 459. The molecular formula is C14H19Cl2NO4. The number of methoxy groups -OCH3 is 1. The van der Waals surface area contributed by atoms with Gasteiger partial charge in [0.15, 0.2) is 5.75 Å². The highest BCUT2D eigenvalue weighted by atomic mass is 35.5. The van der Waals surface area contributed by atoms with Crippen LogP contribution in [-0.2, 0) is 14.3 Å². The largest absolute Gasteiger partial charge is 0.494 e. The van der Waals surface area contributed by atoms with Gasteiger partial charge in [0.05, 0.1) is 30.4 Å². The van der Waals surface area contributed by atoms with Crippen molar-refractivity contribution in [3.05, 3.63) is 22.2 Å². The summed E-state index contributed by atoms with van der Waals surface area (Å²) >= 11 is 12.0. The van der Waals surface area contributed by atoms with Crippen LogP contribution < -0.4 is 10.1 Å². The second-order valence-electron chi connectivity index (χ2n) is 4.17. The van der Waals surface area contributed by atoms with Gasteiger partial charge in [0, 0.05) is 12.3 Å². The number of carbonyl (C=O) groups excluding carboxylic acids is 1. The minimum atomic E-state index is -0.606. The number of carbonyl (C=O) groups is 1. The van der Waals surface area contributed by atoms with Crippen LogP contribution >= 0.6 is 23.2 Å². The first-order valence-electron chi connectivity index (χ1n) is 6.52. The minimum absolute atomic E-state index is 0.288. The van der Waals surface area contributed by atoms with Crippen LogP contribution in [0, 0.1) is 0 Å². The summed E-state index contributed by atoms with van der Waals surface area (Å²) in [6, 6.07) is 3.13. The van der Waals surface area contributed by atoms with E-state index in [4.69, 9.17) is 37.4 Å². The van der Waals surface area contributed by atoms with Crippen LogP contribution in [-0.4, -0.2) is 38.9 Å². The number of amides is 1. The molecule has 1 amide bonds. The minimum Gasteiger partial charge on any atom is -0.494 e. The van der Waals surface area contributed by atoms with E-state index in [2.05, 4.69) is 5.32 Å². The molecule has 1 N–H and O–H groups in total. The number of hydrogen-bond acceptors (Lipinski definition) is 4. The molecule has 0 aliphatic rings. The molecule has 0 radical (unpaired) electrons. The third-order valence-electron chi connectivity index (χ3n) is 2.64. The van der Waals surface area contributed by atoms with E-state index >= 15 is 0 Å². The fourth-order valence-corrected chi connectivity index (χ4v) is 2.22. The quantitative estimate of drug-likeness (QED) is 0.740. The molecule has 0 aliphatic heterocycles. The van der Waals surface area contributed by atoms with Crippen LogP contribution in [0.2, 0.25) is 10.0 Å². The zero-order valence-electron chi connectivity index (χ0n) is 12.2. The third-order valence-corrected chi connectivity index (χ3v) is 3.20. The number of halogens is 2. The SMILES string of the molecule is CCOCCOC(C)C(=O)Nc1cc(Cl)c(OC)c(Cl)c1. The summed E-state index contributed by atoms with van der Waals surface area (Å²) in [5, 5.41) is 3.33. The predicted octanol–water partition coefficient (Wildman–Crippen LogP) is 3.38. The Morgan fingerprint density at radius 2 is 1.90 bits per heavy atom. The predicted molar refractivity (Wildman–Crippen MR) is 83.6 cm³/mol. The van der Waals surface area contributed by atoms with E-state index in [-0.39, 0.29) is 5.91 Å². The molecule has 0 heterocycles. The third kappa shape index (κ3) is 5.71. The molecule has 0 fully saturated rings. The molecule has 5 nitrogen and oxygen atoms in total. The Morgan fingerprint density at radius 3 is 2.43 bits per heavy atom. The summed E-state index contributed by atoms with van der Waals surface area (Å²) in [6.45, 7) is 4.98. The molecule has 1 atom stereocenters. The van der Waals surface area contributed by atoms with Gasteiger partial charge in [-0.3, -0.25) is 4.79 Å². The summed E-state index contributed by atoms with van der Waals surface area (Å²) in [4.78, 5) is 12.0. The molecule has 0 aliphatic carbocycles. The first-order valence-corrected chi connectivity index (χ1v) is 7.28. The average Bonchev–Trinajstić information content (AvgIpc) is 2.43. The maximum absolute atomic E-state index is 12.0. The highest BCUT2D eigenvalue weighted by Crippen LogP contribution is 2.35. The Balaban J connectivity index is 2.58. The maximum Gasteiger partial charge on any atom is 0.253 e. The molecular weight excluding hydrogens is 317 g/mol. The topological polar surface area (TPSA) is 56.8 Å². The lowest BCUT2D eigenvalue weighted by Gasteiger charge is -2.14. The van der Waals surface area contributed by atoms with Gasteiger partial charge in [-0.05, 0) is 26.0 Å². The molecule has 1 unspecified atom stereocenters. The molecule has 0 saturated carbocycles. The summed E-state index contributed by atoms with van der Waals surface area (Å²) in [5.74, 6) is 0.0844. The molecule has 1 aromatic rings. The lowest BCUT2D eigenvalue weighted by atomic mass is 10.2. The van der Waals surface area contributed by atoms with Crippen LogP contribution in [0.15, 0.2) is 12.1 Å². The number of anilines is 1. The number of benzene rings is 1. The lowest BCUT2D eigenvalue weighted by Crippen LogP contribution is -2.28. The highest BCUT2D eigenvalue weighted by Gasteiger charge is 2.15. The monoisotopic (exact) mass is 335 g/mol. The van der Waals surface area contributed by atoms with E-state index in [1.54, 1.807) is 19.1 Å².